The molecule has 3 heteroatoms. The van der Waals surface area contributed by atoms with Crippen LogP contribution in [-0.4, -0.2) is 25.0 Å². The molecule has 0 aliphatic rings. The Hall–Kier alpha value is -0.570. The fourth-order valence-electron chi connectivity index (χ4n) is 1.49. The molecule has 18 heavy (non-hydrogen) atoms. The lowest BCUT2D eigenvalue weighted by Gasteiger charge is -2.28. The Morgan fingerprint density at radius 3 is 2.28 bits per heavy atom. The molecule has 108 valence electrons. The summed E-state index contributed by atoms with van der Waals surface area (Å²) >= 11 is 0. The van der Waals surface area contributed by atoms with E-state index < -0.39 is 0 Å². The van der Waals surface area contributed by atoms with E-state index >= 15 is 0 Å². The standard InChI is InChI=1S/C15H32N2O/c1-7-8-9-10-16-14(18)13(3)17-11-12(2)15(4,5)6/h12-13,17H,7-11H2,1-6H3,(H,16,18). The molecule has 0 aromatic heterocycles. The van der Waals surface area contributed by atoms with Gasteiger partial charge in [0.1, 0.15) is 0 Å². The number of unbranched alkanes of at least 4 members (excludes halogenated alkanes) is 2. The first-order valence-corrected chi connectivity index (χ1v) is 7.30. The van der Waals surface area contributed by atoms with Crippen LogP contribution in [0.15, 0.2) is 0 Å². The Balaban J connectivity index is 3.81. The van der Waals surface area contributed by atoms with Crippen LogP contribution < -0.4 is 10.6 Å². The van der Waals surface area contributed by atoms with Crippen LogP contribution in [0.5, 0.6) is 0 Å². The van der Waals surface area contributed by atoms with Crippen LogP contribution in [0.4, 0.5) is 0 Å². The predicted molar refractivity (Wildman–Crippen MR) is 78.6 cm³/mol. The Bertz CT molecular complexity index is 233. The number of hydrogen-bond acceptors (Lipinski definition) is 2. The number of carbonyl (C=O) groups excluding carboxylic acids is 1. The summed E-state index contributed by atoms with van der Waals surface area (Å²) in [4.78, 5) is 11.8. The van der Waals surface area contributed by atoms with E-state index in [-0.39, 0.29) is 17.4 Å². The van der Waals surface area contributed by atoms with Gasteiger partial charge >= 0.3 is 0 Å². The van der Waals surface area contributed by atoms with Crippen molar-refractivity contribution in [1.29, 1.82) is 0 Å². The van der Waals surface area contributed by atoms with E-state index in [2.05, 4.69) is 45.3 Å². The Morgan fingerprint density at radius 1 is 1.17 bits per heavy atom. The van der Waals surface area contributed by atoms with Gasteiger partial charge in [0.05, 0.1) is 6.04 Å². The molecular formula is C15H32N2O. The van der Waals surface area contributed by atoms with Gasteiger partial charge in [-0.1, -0.05) is 47.5 Å². The lowest BCUT2D eigenvalue weighted by Crippen LogP contribution is -2.45. The van der Waals surface area contributed by atoms with Crippen LogP contribution in [-0.2, 0) is 4.79 Å². The first-order chi connectivity index (χ1) is 8.29. The molecule has 0 fully saturated rings. The van der Waals surface area contributed by atoms with Gasteiger partial charge in [0, 0.05) is 6.54 Å². The predicted octanol–water partition coefficient (Wildman–Crippen LogP) is 2.95. The minimum Gasteiger partial charge on any atom is -0.355 e. The average Bonchev–Trinajstić information content (AvgIpc) is 2.29. The molecule has 2 atom stereocenters. The lowest BCUT2D eigenvalue weighted by molar-refractivity contribution is -0.122. The van der Waals surface area contributed by atoms with Crippen LogP contribution in [0.3, 0.4) is 0 Å². The van der Waals surface area contributed by atoms with E-state index in [1.54, 1.807) is 0 Å². The second-order valence-electron chi connectivity index (χ2n) is 6.40. The van der Waals surface area contributed by atoms with Crippen molar-refractivity contribution in [1.82, 2.24) is 10.6 Å². The SMILES string of the molecule is CCCCCNC(=O)C(C)NCC(C)C(C)(C)C. The molecule has 0 aromatic rings. The summed E-state index contributed by atoms with van der Waals surface area (Å²) in [7, 11) is 0. The molecule has 0 rings (SSSR count). The number of nitrogens with one attached hydrogen (secondary N) is 2. The first-order valence-electron chi connectivity index (χ1n) is 7.30. The summed E-state index contributed by atoms with van der Waals surface area (Å²) in [6.07, 6.45) is 3.45. The molecule has 0 radical (unpaired) electrons. The molecule has 0 aliphatic carbocycles. The van der Waals surface area contributed by atoms with Crippen molar-refractivity contribution in [2.24, 2.45) is 11.3 Å². The van der Waals surface area contributed by atoms with Crippen molar-refractivity contribution in [2.45, 2.75) is 66.8 Å². The summed E-state index contributed by atoms with van der Waals surface area (Å²) in [5.41, 5.74) is 0.282. The van der Waals surface area contributed by atoms with Gasteiger partial charge in [0.15, 0.2) is 0 Å². The lowest BCUT2D eigenvalue weighted by atomic mass is 9.82. The normalized spacial score (nSPS) is 15.2. The maximum atomic E-state index is 11.8. The topological polar surface area (TPSA) is 41.1 Å². The third-order valence-electron chi connectivity index (χ3n) is 3.68. The first kappa shape index (κ1) is 17.4. The van der Waals surface area contributed by atoms with Crippen LogP contribution in [0.25, 0.3) is 0 Å². The molecule has 0 aromatic carbocycles. The molecule has 0 spiro atoms. The fourth-order valence-corrected chi connectivity index (χ4v) is 1.49. The highest BCUT2D eigenvalue weighted by atomic mass is 16.2. The van der Waals surface area contributed by atoms with Gasteiger partial charge in [-0.25, -0.2) is 0 Å². The minimum atomic E-state index is -0.101. The van der Waals surface area contributed by atoms with Crippen LogP contribution in [0, 0.1) is 11.3 Å². The van der Waals surface area contributed by atoms with Gasteiger partial charge in [-0.15, -0.1) is 0 Å². The van der Waals surface area contributed by atoms with Crippen LogP contribution in [0.2, 0.25) is 0 Å². The molecule has 3 nitrogen and oxygen atoms in total. The second-order valence-corrected chi connectivity index (χ2v) is 6.40. The zero-order chi connectivity index (χ0) is 14.2. The van der Waals surface area contributed by atoms with Gasteiger partial charge in [-0.05, 0) is 31.2 Å². The molecule has 2 unspecified atom stereocenters. The highest BCUT2D eigenvalue weighted by Crippen LogP contribution is 2.24. The Kier molecular flexibility index (Phi) is 8.25. The third kappa shape index (κ3) is 7.70. The van der Waals surface area contributed by atoms with E-state index in [9.17, 15) is 4.79 Å². The molecular weight excluding hydrogens is 224 g/mol. The highest BCUT2D eigenvalue weighted by molar-refractivity contribution is 5.81. The van der Waals surface area contributed by atoms with E-state index in [0.29, 0.717) is 5.92 Å². The van der Waals surface area contributed by atoms with E-state index in [0.717, 1.165) is 19.5 Å². The summed E-state index contributed by atoms with van der Waals surface area (Å²) in [5.74, 6) is 0.667. The van der Waals surface area contributed by atoms with Crippen molar-refractivity contribution >= 4 is 5.91 Å². The molecule has 1 amide bonds. The fraction of sp³-hybridized carbons (Fsp3) is 0.933. The number of hydrogen-bond donors (Lipinski definition) is 2. The molecule has 0 heterocycles. The van der Waals surface area contributed by atoms with Gasteiger partial charge in [0.2, 0.25) is 5.91 Å². The van der Waals surface area contributed by atoms with Gasteiger partial charge in [0.25, 0.3) is 0 Å². The zero-order valence-corrected chi connectivity index (χ0v) is 13.1. The monoisotopic (exact) mass is 256 g/mol. The van der Waals surface area contributed by atoms with Crippen molar-refractivity contribution < 1.29 is 4.79 Å². The van der Waals surface area contributed by atoms with Crippen molar-refractivity contribution in [3.05, 3.63) is 0 Å². The summed E-state index contributed by atoms with van der Waals surface area (Å²) in [6, 6.07) is -0.101. The van der Waals surface area contributed by atoms with Crippen molar-refractivity contribution in [3.8, 4) is 0 Å². The van der Waals surface area contributed by atoms with E-state index in [4.69, 9.17) is 0 Å². The molecule has 0 saturated carbocycles. The summed E-state index contributed by atoms with van der Waals surface area (Å²) < 4.78 is 0. The molecule has 0 saturated heterocycles. The third-order valence-corrected chi connectivity index (χ3v) is 3.68. The van der Waals surface area contributed by atoms with Gasteiger partial charge in [-0.2, -0.15) is 0 Å². The summed E-state index contributed by atoms with van der Waals surface area (Å²) in [5, 5.41) is 6.30. The van der Waals surface area contributed by atoms with E-state index in [1.807, 2.05) is 6.92 Å². The van der Waals surface area contributed by atoms with E-state index in [1.165, 1.54) is 12.8 Å². The quantitative estimate of drug-likeness (QED) is 0.656. The number of amides is 1. The van der Waals surface area contributed by atoms with Crippen molar-refractivity contribution in [2.75, 3.05) is 13.1 Å². The smallest absolute Gasteiger partial charge is 0.236 e. The molecule has 0 bridgehead atoms. The van der Waals surface area contributed by atoms with Gasteiger partial charge < -0.3 is 10.6 Å². The maximum absolute atomic E-state index is 11.8. The largest absolute Gasteiger partial charge is 0.355 e. The van der Waals surface area contributed by atoms with Crippen LogP contribution >= 0.6 is 0 Å². The number of rotatable bonds is 8. The van der Waals surface area contributed by atoms with Crippen LogP contribution in [0.1, 0.15) is 60.8 Å². The maximum Gasteiger partial charge on any atom is 0.236 e. The second kappa shape index (κ2) is 8.52. The Morgan fingerprint density at radius 2 is 1.78 bits per heavy atom. The highest BCUT2D eigenvalue weighted by Gasteiger charge is 2.21. The Labute approximate surface area is 113 Å². The van der Waals surface area contributed by atoms with Gasteiger partial charge in [-0.3, -0.25) is 4.79 Å². The summed E-state index contributed by atoms with van der Waals surface area (Å²) in [6.45, 7) is 14.7. The average molecular weight is 256 g/mol. The molecule has 2 N–H and O–H groups in total. The van der Waals surface area contributed by atoms with Crippen molar-refractivity contribution in [3.63, 3.8) is 0 Å². The number of carbonyl (C=O) groups is 1. The minimum absolute atomic E-state index is 0.101. The zero-order valence-electron chi connectivity index (χ0n) is 13.1. The molecule has 0 aliphatic heterocycles.